The normalized spacial score (nSPS) is 21.1. The fourth-order valence-electron chi connectivity index (χ4n) is 3.80. The third-order valence-corrected chi connectivity index (χ3v) is 5.13. The number of hydrogen-bond donors (Lipinski definition) is 2. The lowest BCUT2D eigenvalue weighted by molar-refractivity contribution is 0.280. The van der Waals surface area contributed by atoms with Gasteiger partial charge >= 0.3 is 0 Å². The molecule has 1 aromatic carbocycles. The largest absolute Gasteiger partial charge is 0.385 e. The SMILES string of the molecule is C[C@H](NCc1cccc2c1NCCC2)C1CCCCC1. The summed E-state index contributed by atoms with van der Waals surface area (Å²) in [5.74, 6) is 0.885. The van der Waals surface area contributed by atoms with Crippen LogP contribution < -0.4 is 10.6 Å². The summed E-state index contributed by atoms with van der Waals surface area (Å²) < 4.78 is 0. The van der Waals surface area contributed by atoms with Crippen LogP contribution in [0.1, 0.15) is 56.6 Å². The molecular weight excluding hydrogens is 244 g/mol. The first-order valence-corrected chi connectivity index (χ1v) is 8.42. The Labute approximate surface area is 123 Å². The number of rotatable bonds is 4. The molecule has 3 rings (SSSR count). The molecule has 2 N–H and O–H groups in total. The molecule has 2 nitrogen and oxygen atoms in total. The molecule has 0 spiro atoms. The Morgan fingerprint density at radius 1 is 1.20 bits per heavy atom. The van der Waals surface area contributed by atoms with Crippen LogP contribution in [0, 0.1) is 5.92 Å². The lowest BCUT2D eigenvalue weighted by Gasteiger charge is -2.29. The molecule has 20 heavy (non-hydrogen) atoms. The molecule has 0 saturated heterocycles. The zero-order valence-corrected chi connectivity index (χ0v) is 12.8. The first kappa shape index (κ1) is 13.9. The molecule has 2 heteroatoms. The van der Waals surface area contributed by atoms with Crippen molar-refractivity contribution in [2.75, 3.05) is 11.9 Å². The summed E-state index contributed by atoms with van der Waals surface area (Å²) in [7, 11) is 0. The van der Waals surface area contributed by atoms with E-state index in [0.29, 0.717) is 6.04 Å². The minimum absolute atomic E-state index is 0.648. The molecule has 1 aliphatic carbocycles. The number of aryl methyl sites for hydroxylation is 1. The Kier molecular flexibility index (Phi) is 4.62. The third kappa shape index (κ3) is 3.17. The van der Waals surface area contributed by atoms with E-state index in [1.54, 1.807) is 0 Å². The van der Waals surface area contributed by atoms with Gasteiger partial charge in [-0.3, -0.25) is 0 Å². The molecule has 1 aromatic rings. The molecule has 1 atom stereocenters. The van der Waals surface area contributed by atoms with Gasteiger partial charge in [0.25, 0.3) is 0 Å². The number of nitrogens with one attached hydrogen (secondary N) is 2. The van der Waals surface area contributed by atoms with Gasteiger partial charge in [0.15, 0.2) is 0 Å². The molecule has 1 heterocycles. The summed E-state index contributed by atoms with van der Waals surface area (Å²) in [5, 5.41) is 7.37. The second-order valence-corrected chi connectivity index (χ2v) is 6.55. The van der Waals surface area contributed by atoms with E-state index in [4.69, 9.17) is 0 Å². The van der Waals surface area contributed by atoms with Crippen molar-refractivity contribution in [1.82, 2.24) is 5.32 Å². The molecule has 0 amide bonds. The zero-order chi connectivity index (χ0) is 13.8. The van der Waals surface area contributed by atoms with Crippen LogP contribution in [0.5, 0.6) is 0 Å². The van der Waals surface area contributed by atoms with E-state index < -0.39 is 0 Å². The van der Waals surface area contributed by atoms with Crippen LogP contribution in [0.4, 0.5) is 5.69 Å². The number of hydrogen-bond acceptors (Lipinski definition) is 2. The van der Waals surface area contributed by atoms with E-state index in [1.165, 1.54) is 61.8 Å². The summed E-state index contributed by atoms with van der Waals surface area (Å²) in [6.45, 7) is 4.51. The van der Waals surface area contributed by atoms with E-state index in [9.17, 15) is 0 Å². The number of anilines is 1. The van der Waals surface area contributed by atoms with Gasteiger partial charge in [0, 0.05) is 24.8 Å². The van der Waals surface area contributed by atoms with Crippen LogP contribution in [-0.2, 0) is 13.0 Å². The molecular formula is C18H28N2. The van der Waals surface area contributed by atoms with Crippen LogP contribution >= 0.6 is 0 Å². The monoisotopic (exact) mass is 272 g/mol. The number of fused-ring (bicyclic) bond motifs is 1. The van der Waals surface area contributed by atoms with Gasteiger partial charge in [-0.25, -0.2) is 0 Å². The fourth-order valence-corrected chi connectivity index (χ4v) is 3.80. The van der Waals surface area contributed by atoms with Gasteiger partial charge in [-0.15, -0.1) is 0 Å². The van der Waals surface area contributed by atoms with Gasteiger partial charge in [0.05, 0.1) is 0 Å². The van der Waals surface area contributed by atoms with Crippen LogP contribution in [0.25, 0.3) is 0 Å². The molecule has 1 saturated carbocycles. The summed E-state index contributed by atoms with van der Waals surface area (Å²) in [6, 6.07) is 7.41. The van der Waals surface area contributed by atoms with E-state index in [2.05, 4.69) is 35.8 Å². The van der Waals surface area contributed by atoms with Crippen molar-refractivity contribution in [3.63, 3.8) is 0 Å². The predicted molar refractivity (Wildman–Crippen MR) is 86.1 cm³/mol. The maximum absolute atomic E-state index is 3.78. The van der Waals surface area contributed by atoms with Crippen molar-refractivity contribution in [2.45, 2.75) is 64.5 Å². The Balaban J connectivity index is 1.60. The fraction of sp³-hybridized carbons (Fsp3) is 0.667. The van der Waals surface area contributed by atoms with Crippen molar-refractivity contribution in [3.05, 3.63) is 29.3 Å². The van der Waals surface area contributed by atoms with Gasteiger partial charge in [0.1, 0.15) is 0 Å². The summed E-state index contributed by atoms with van der Waals surface area (Å²) in [4.78, 5) is 0. The van der Waals surface area contributed by atoms with E-state index in [-0.39, 0.29) is 0 Å². The zero-order valence-electron chi connectivity index (χ0n) is 12.8. The second-order valence-electron chi connectivity index (χ2n) is 6.55. The quantitative estimate of drug-likeness (QED) is 0.862. The van der Waals surface area contributed by atoms with E-state index >= 15 is 0 Å². The number of para-hydroxylation sites is 1. The van der Waals surface area contributed by atoms with Crippen molar-refractivity contribution >= 4 is 5.69 Å². The smallest absolute Gasteiger partial charge is 0.0418 e. The van der Waals surface area contributed by atoms with E-state index in [1.807, 2.05) is 0 Å². The molecule has 110 valence electrons. The topological polar surface area (TPSA) is 24.1 Å². The highest BCUT2D eigenvalue weighted by atomic mass is 14.9. The Bertz CT molecular complexity index is 435. The second kappa shape index (κ2) is 6.62. The van der Waals surface area contributed by atoms with Crippen molar-refractivity contribution in [2.24, 2.45) is 5.92 Å². The van der Waals surface area contributed by atoms with E-state index in [0.717, 1.165) is 19.0 Å². The third-order valence-electron chi connectivity index (χ3n) is 5.13. The molecule has 1 aliphatic heterocycles. The minimum Gasteiger partial charge on any atom is -0.385 e. The summed E-state index contributed by atoms with van der Waals surface area (Å²) >= 11 is 0. The van der Waals surface area contributed by atoms with Gasteiger partial charge in [-0.1, -0.05) is 37.5 Å². The van der Waals surface area contributed by atoms with Gasteiger partial charge in [-0.05, 0) is 49.7 Å². The van der Waals surface area contributed by atoms with Crippen LogP contribution in [-0.4, -0.2) is 12.6 Å². The standard InChI is InChI=1S/C18H28N2/c1-14(15-7-3-2-4-8-15)20-13-17-10-5-9-16-11-6-12-19-18(16)17/h5,9-10,14-15,19-20H,2-4,6-8,11-13H2,1H3/t14-/m0/s1. The predicted octanol–water partition coefficient (Wildman–Crippen LogP) is 4.10. The first-order valence-electron chi connectivity index (χ1n) is 8.42. The maximum atomic E-state index is 3.78. The van der Waals surface area contributed by atoms with Gasteiger partial charge < -0.3 is 10.6 Å². The minimum atomic E-state index is 0.648. The van der Waals surface area contributed by atoms with Crippen LogP contribution in [0.15, 0.2) is 18.2 Å². The van der Waals surface area contributed by atoms with Gasteiger partial charge in [-0.2, -0.15) is 0 Å². The average molecular weight is 272 g/mol. The summed E-state index contributed by atoms with van der Waals surface area (Å²) in [6.07, 6.45) is 9.63. The molecule has 0 unspecified atom stereocenters. The highest BCUT2D eigenvalue weighted by Crippen LogP contribution is 2.28. The molecule has 0 aromatic heterocycles. The molecule has 0 radical (unpaired) electrons. The molecule has 0 bridgehead atoms. The molecule has 2 aliphatic rings. The lowest BCUT2D eigenvalue weighted by atomic mass is 9.84. The van der Waals surface area contributed by atoms with Crippen molar-refractivity contribution < 1.29 is 0 Å². The Morgan fingerprint density at radius 2 is 2.05 bits per heavy atom. The molecule has 1 fully saturated rings. The Morgan fingerprint density at radius 3 is 2.90 bits per heavy atom. The van der Waals surface area contributed by atoms with Crippen LogP contribution in [0.2, 0.25) is 0 Å². The maximum Gasteiger partial charge on any atom is 0.0418 e. The average Bonchev–Trinajstić information content (AvgIpc) is 2.53. The summed E-state index contributed by atoms with van der Waals surface area (Å²) in [5.41, 5.74) is 4.35. The lowest BCUT2D eigenvalue weighted by Crippen LogP contribution is -2.34. The highest BCUT2D eigenvalue weighted by molar-refractivity contribution is 5.59. The van der Waals surface area contributed by atoms with Crippen molar-refractivity contribution in [1.29, 1.82) is 0 Å². The Hall–Kier alpha value is -1.02. The first-order chi connectivity index (χ1) is 9.84. The van der Waals surface area contributed by atoms with Gasteiger partial charge in [0.2, 0.25) is 0 Å². The van der Waals surface area contributed by atoms with Crippen LogP contribution in [0.3, 0.4) is 0 Å². The van der Waals surface area contributed by atoms with Crippen molar-refractivity contribution in [3.8, 4) is 0 Å². The highest BCUT2D eigenvalue weighted by Gasteiger charge is 2.20. The number of benzene rings is 1.